The van der Waals surface area contributed by atoms with Crippen molar-refractivity contribution in [3.8, 4) is 0 Å². The van der Waals surface area contributed by atoms with Crippen LogP contribution in [0.5, 0.6) is 0 Å². The third kappa shape index (κ3) is 18.4. The quantitative estimate of drug-likeness (QED) is 0.0538. The van der Waals surface area contributed by atoms with Crippen molar-refractivity contribution >= 4 is 30.1 Å². The number of carboxylic acid groups (broad SMARTS) is 3. The molecule has 4 atom stereocenters. The van der Waals surface area contributed by atoms with E-state index in [0.717, 1.165) is 143 Å². The number of halogens is 1. The number of unbranched alkanes of at least 4 members (excludes halogenated alkanes) is 5. The molecular weight excluding hydrogens is 812 g/mol. The van der Waals surface area contributed by atoms with E-state index in [1.165, 1.54) is 5.56 Å². The van der Waals surface area contributed by atoms with Crippen LogP contribution in [0, 0.1) is 23.6 Å². The Balaban J connectivity index is 1.90. The highest BCUT2D eigenvalue weighted by atomic mass is 19.1. The van der Waals surface area contributed by atoms with E-state index in [4.69, 9.17) is 0 Å². The van der Waals surface area contributed by atoms with Gasteiger partial charge in [0.25, 0.3) is 0 Å². The van der Waals surface area contributed by atoms with Crippen molar-refractivity contribution in [3.63, 3.8) is 0 Å². The summed E-state index contributed by atoms with van der Waals surface area (Å²) in [6.45, 7) is 16.8. The zero-order valence-corrected chi connectivity index (χ0v) is 41.3. The van der Waals surface area contributed by atoms with Crippen LogP contribution in [-0.2, 0) is 51.9 Å². The van der Waals surface area contributed by atoms with Gasteiger partial charge >= 0.3 is 17.9 Å². The lowest BCUT2D eigenvalue weighted by Crippen LogP contribution is -2.28. The molecule has 358 valence electrons. The molecule has 0 saturated carbocycles. The summed E-state index contributed by atoms with van der Waals surface area (Å²) < 4.78 is 16.3. The van der Waals surface area contributed by atoms with Crippen LogP contribution < -0.4 is 0 Å². The predicted molar refractivity (Wildman–Crippen MR) is 268 cm³/mol. The van der Waals surface area contributed by atoms with Crippen molar-refractivity contribution in [2.75, 3.05) is 0 Å². The highest BCUT2D eigenvalue weighted by Crippen LogP contribution is 2.38. The van der Waals surface area contributed by atoms with Gasteiger partial charge in [-0.25, -0.2) is 4.39 Å². The van der Waals surface area contributed by atoms with Crippen LogP contribution in [0.25, 0.3) is 12.2 Å². The van der Waals surface area contributed by atoms with Crippen LogP contribution in [0.4, 0.5) is 4.39 Å². The largest absolute Gasteiger partial charge is 0.481 e. The molecule has 7 heteroatoms. The first-order valence-corrected chi connectivity index (χ1v) is 25.2. The Morgan fingerprint density at radius 2 is 1.28 bits per heavy atom. The molecule has 3 aromatic carbocycles. The van der Waals surface area contributed by atoms with E-state index < -0.39 is 29.1 Å². The van der Waals surface area contributed by atoms with Crippen LogP contribution in [0.1, 0.15) is 208 Å². The fraction of sp³-hybridized carbons (Fsp3) is 0.569. The normalized spacial score (nSPS) is 13.9. The number of aryl methyl sites for hydroxylation is 3. The molecule has 0 aliphatic heterocycles. The zero-order chi connectivity index (χ0) is 47.9. The summed E-state index contributed by atoms with van der Waals surface area (Å²) >= 11 is 0. The summed E-state index contributed by atoms with van der Waals surface area (Å²) in [4.78, 5) is 36.1. The van der Waals surface area contributed by atoms with Crippen LogP contribution in [0.3, 0.4) is 0 Å². The summed E-state index contributed by atoms with van der Waals surface area (Å²) in [7, 11) is 0. The van der Waals surface area contributed by atoms with Crippen molar-refractivity contribution < 1.29 is 34.1 Å². The molecule has 65 heavy (non-hydrogen) atoms. The molecule has 6 nitrogen and oxygen atoms in total. The molecule has 0 radical (unpaired) electrons. The minimum Gasteiger partial charge on any atom is -0.481 e. The maximum absolute atomic E-state index is 16.3. The number of aliphatic carboxylic acids is 3. The zero-order valence-electron chi connectivity index (χ0n) is 41.3. The molecule has 0 amide bonds. The van der Waals surface area contributed by atoms with Gasteiger partial charge in [0.2, 0.25) is 0 Å². The van der Waals surface area contributed by atoms with Gasteiger partial charge in [-0.2, -0.15) is 0 Å². The third-order valence-electron chi connectivity index (χ3n) is 13.6. The first kappa shape index (κ1) is 54.8. The second-order valence-electron chi connectivity index (χ2n) is 19.4. The summed E-state index contributed by atoms with van der Waals surface area (Å²) in [5.74, 6) is -2.11. The Labute approximate surface area is 392 Å². The fourth-order valence-electron chi connectivity index (χ4n) is 9.44. The van der Waals surface area contributed by atoms with Gasteiger partial charge in [-0.1, -0.05) is 160 Å². The van der Waals surface area contributed by atoms with Crippen LogP contribution in [-0.4, -0.2) is 33.2 Å². The molecule has 3 N–H and O–H groups in total. The average Bonchev–Trinajstić information content (AvgIpc) is 3.25. The predicted octanol–water partition coefficient (Wildman–Crippen LogP) is 15.4. The highest BCUT2D eigenvalue weighted by molar-refractivity contribution is 5.80. The molecule has 0 saturated heterocycles. The molecular formula is C58H83FO6. The minimum atomic E-state index is -1.04. The van der Waals surface area contributed by atoms with Gasteiger partial charge in [0.1, 0.15) is 5.82 Å². The van der Waals surface area contributed by atoms with Crippen LogP contribution >= 0.6 is 0 Å². The average molecular weight is 895 g/mol. The molecule has 0 spiro atoms. The van der Waals surface area contributed by atoms with Gasteiger partial charge in [0.15, 0.2) is 0 Å². The summed E-state index contributed by atoms with van der Waals surface area (Å²) in [6, 6.07) is 16.3. The van der Waals surface area contributed by atoms with Gasteiger partial charge in [-0.15, -0.1) is 0 Å². The Morgan fingerprint density at radius 3 is 1.89 bits per heavy atom. The van der Waals surface area contributed by atoms with Crippen molar-refractivity contribution in [2.24, 2.45) is 17.8 Å². The number of carboxylic acids is 3. The van der Waals surface area contributed by atoms with E-state index in [0.29, 0.717) is 17.9 Å². The Kier molecular flexibility index (Phi) is 24.0. The van der Waals surface area contributed by atoms with Crippen molar-refractivity contribution in [1.82, 2.24) is 0 Å². The SMILES string of the molecule is CCCC/C=C/c1cc(/C=C/C(CCC)C(C)CCCc2cc(C(CCCC)C(CC)CCc3cc(CCCCC)cc(C(C)(C)C(=O)O)c3)cc(CC(=O)O)c2F)cc(CC(=O)O)c1. The maximum Gasteiger partial charge on any atom is 0.313 e. The molecule has 0 bridgehead atoms. The molecule has 0 heterocycles. The van der Waals surface area contributed by atoms with Gasteiger partial charge in [-0.05, 0) is 158 Å². The number of allylic oxidation sites excluding steroid dienone is 2. The molecule has 0 aliphatic carbocycles. The molecule has 3 aromatic rings. The van der Waals surface area contributed by atoms with Gasteiger partial charge < -0.3 is 15.3 Å². The number of benzene rings is 3. The summed E-state index contributed by atoms with van der Waals surface area (Å²) in [5.41, 5.74) is 6.82. The van der Waals surface area contributed by atoms with E-state index >= 15 is 4.39 Å². The first-order chi connectivity index (χ1) is 31.1. The van der Waals surface area contributed by atoms with Crippen molar-refractivity contribution in [1.29, 1.82) is 0 Å². The van der Waals surface area contributed by atoms with E-state index in [2.05, 4.69) is 90.1 Å². The van der Waals surface area contributed by atoms with Crippen molar-refractivity contribution in [2.45, 2.75) is 195 Å². The lowest BCUT2D eigenvalue weighted by molar-refractivity contribution is -0.142. The molecule has 0 aliphatic rings. The molecule has 3 rings (SSSR count). The van der Waals surface area contributed by atoms with Gasteiger partial charge in [0, 0.05) is 0 Å². The second-order valence-corrected chi connectivity index (χ2v) is 19.4. The molecule has 4 unspecified atom stereocenters. The van der Waals surface area contributed by atoms with Crippen molar-refractivity contribution in [3.05, 3.63) is 117 Å². The smallest absolute Gasteiger partial charge is 0.313 e. The summed E-state index contributed by atoms with van der Waals surface area (Å²) in [6.07, 6.45) is 25.5. The molecule has 0 fully saturated rings. The third-order valence-corrected chi connectivity index (χ3v) is 13.6. The van der Waals surface area contributed by atoms with E-state index in [1.807, 2.05) is 24.3 Å². The Hall–Kier alpha value is -4.52. The summed E-state index contributed by atoms with van der Waals surface area (Å²) in [5, 5.41) is 29.6. The van der Waals surface area contributed by atoms with Gasteiger partial charge in [0.05, 0.1) is 18.3 Å². The minimum absolute atomic E-state index is 0.0279. The van der Waals surface area contributed by atoms with E-state index in [1.54, 1.807) is 13.8 Å². The van der Waals surface area contributed by atoms with Gasteiger partial charge in [-0.3, -0.25) is 14.4 Å². The maximum atomic E-state index is 16.3. The fourth-order valence-corrected chi connectivity index (χ4v) is 9.44. The Bertz CT molecular complexity index is 2010. The van der Waals surface area contributed by atoms with Crippen LogP contribution in [0.15, 0.2) is 60.7 Å². The number of rotatable bonds is 32. The monoisotopic (exact) mass is 895 g/mol. The highest BCUT2D eigenvalue weighted by Gasteiger charge is 2.31. The van der Waals surface area contributed by atoms with E-state index in [9.17, 15) is 29.7 Å². The lowest BCUT2D eigenvalue weighted by atomic mass is 9.76. The number of hydrogen-bond acceptors (Lipinski definition) is 3. The number of hydrogen-bond donors (Lipinski definition) is 3. The lowest BCUT2D eigenvalue weighted by Gasteiger charge is -2.29. The number of carbonyl (C=O) groups is 3. The Morgan fingerprint density at radius 1 is 0.631 bits per heavy atom. The molecule has 0 aromatic heterocycles. The standard InChI is InChI=1S/C58H83FO6/c1-9-14-17-19-24-42-31-44(34-46(33-42)37-54(60)61)28-30-48(21-12-4)41(6)22-20-25-49-38-50(39-51(56(49)59)40-55(62)63)53(26-16-11-3)47(13-5)29-27-45-32-43(23-18-15-10-2)35-52(36-45)58(7,8)57(64)65/h19,24,28,30-36,38-39,41,47-48,53H,9-18,20-23,25-27,29,37,40H2,1-8H3,(H,60,61)(H,62,63)(H,64,65)/b24-19+,30-28+. The van der Waals surface area contributed by atoms with E-state index in [-0.39, 0.29) is 36.2 Å². The van der Waals surface area contributed by atoms with Crippen LogP contribution in [0.2, 0.25) is 0 Å². The topological polar surface area (TPSA) is 112 Å². The second kappa shape index (κ2) is 28.5. The first-order valence-electron chi connectivity index (χ1n) is 25.2.